The molecule has 3 rings (SSSR count). The maximum atomic E-state index is 12.7. The average molecular weight is 318 g/mol. The van der Waals surface area contributed by atoms with Gasteiger partial charge in [0.25, 0.3) is 0 Å². The van der Waals surface area contributed by atoms with Crippen molar-refractivity contribution in [2.75, 3.05) is 5.32 Å². The first-order valence-electron chi connectivity index (χ1n) is 6.91. The second-order valence-corrected chi connectivity index (χ2v) is 5.16. The van der Waals surface area contributed by atoms with Gasteiger partial charge in [0.2, 0.25) is 5.91 Å². The molecule has 0 atom stereocenters. The zero-order valence-electron chi connectivity index (χ0n) is 12.2. The Hall–Kier alpha value is -2.76. The molecule has 1 N–H and O–H groups in total. The summed E-state index contributed by atoms with van der Waals surface area (Å²) in [5.41, 5.74) is 1.31. The van der Waals surface area contributed by atoms with Crippen molar-refractivity contribution in [2.24, 2.45) is 0 Å². The molecule has 0 radical (unpaired) electrons. The molecule has 2 aromatic carbocycles. The Bertz CT molecular complexity index is 864. The molecule has 0 aliphatic rings. The van der Waals surface area contributed by atoms with Gasteiger partial charge in [-0.25, -0.2) is 0 Å². The molecule has 0 saturated carbocycles. The molecule has 6 heteroatoms. The fourth-order valence-corrected chi connectivity index (χ4v) is 2.49. The lowest BCUT2D eigenvalue weighted by molar-refractivity contribution is -0.137. The van der Waals surface area contributed by atoms with E-state index in [1.165, 1.54) is 19.1 Å². The van der Waals surface area contributed by atoms with Crippen LogP contribution in [-0.4, -0.2) is 10.5 Å². The number of hydrogen-bond acceptors (Lipinski definition) is 1. The number of nitrogens with zero attached hydrogens (tertiary/aromatic N) is 1. The van der Waals surface area contributed by atoms with Crippen LogP contribution in [-0.2, 0) is 11.0 Å². The van der Waals surface area contributed by atoms with Crippen molar-refractivity contribution in [2.45, 2.75) is 13.1 Å². The molecule has 0 saturated heterocycles. The average Bonchev–Trinajstić information content (AvgIpc) is 2.85. The maximum Gasteiger partial charge on any atom is 0.416 e. The van der Waals surface area contributed by atoms with Gasteiger partial charge in [0, 0.05) is 24.2 Å². The van der Waals surface area contributed by atoms with Gasteiger partial charge in [-0.2, -0.15) is 13.2 Å². The van der Waals surface area contributed by atoms with Crippen molar-refractivity contribution in [3.63, 3.8) is 0 Å². The van der Waals surface area contributed by atoms with E-state index in [2.05, 4.69) is 5.32 Å². The van der Waals surface area contributed by atoms with Gasteiger partial charge in [0.15, 0.2) is 0 Å². The van der Waals surface area contributed by atoms with Crippen LogP contribution in [0.4, 0.5) is 18.9 Å². The Balaban J connectivity index is 2.11. The minimum atomic E-state index is -4.36. The van der Waals surface area contributed by atoms with E-state index in [-0.39, 0.29) is 5.91 Å². The normalized spacial score (nSPS) is 11.7. The highest BCUT2D eigenvalue weighted by atomic mass is 19.4. The zero-order chi connectivity index (χ0) is 16.6. The highest BCUT2D eigenvalue weighted by Gasteiger charge is 2.30. The van der Waals surface area contributed by atoms with Crippen molar-refractivity contribution in [1.29, 1.82) is 0 Å². The van der Waals surface area contributed by atoms with Gasteiger partial charge >= 0.3 is 6.18 Å². The Labute approximate surface area is 130 Å². The lowest BCUT2D eigenvalue weighted by Crippen LogP contribution is -2.05. The molecule has 118 valence electrons. The maximum absolute atomic E-state index is 12.7. The van der Waals surface area contributed by atoms with Crippen LogP contribution in [0.5, 0.6) is 0 Å². The number of hydrogen-bond donors (Lipinski definition) is 1. The Morgan fingerprint density at radius 2 is 1.70 bits per heavy atom. The van der Waals surface area contributed by atoms with Gasteiger partial charge in [-0.3, -0.25) is 4.79 Å². The summed E-state index contributed by atoms with van der Waals surface area (Å²) >= 11 is 0. The van der Waals surface area contributed by atoms with Gasteiger partial charge in [0.1, 0.15) is 0 Å². The largest absolute Gasteiger partial charge is 0.416 e. The summed E-state index contributed by atoms with van der Waals surface area (Å²) in [5, 5.41) is 3.56. The molecule has 23 heavy (non-hydrogen) atoms. The van der Waals surface area contributed by atoms with Crippen LogP contribution in [0.3, 0.4) is 0 Å². The topological polar surface area (TPSA) is 34.0 Å². The molecule has 3 aromatic rings. The number of rotatable bonds is 2. The van der Waals surface area contributed by atoms with Crippen LogP contribution in [0.25, 0.3) is 16.6 Å². The smallest absolute Gasteiger partial charge is 0.324 e. The predicted molar refractivity (Wildman–Crippen MR) is 82.6 cm³/mol. The van der Waals surface area contributed by atoms with Crippen LogP contribution >= 0.6 is 0 Å². The molecule has 0 unspecified atom stereocenters. The first kappa shape index (κ1) is 15.1. The third-order valence-corrected chi connectivity index (χ3v) is 3.50. The Morgan fingerprint density at radius 3 is 2.30 bits per heavy atom. The number of aromatic nitrogens is 1. The third-order valence-electron chi connectivity index (χ3n) is 3.50. The van der Waals surface area contributed by atoms with Crippen molar-refractivity contribution in [1.82, 2.24) is 4.57 Å². The number of carbonyl (C=O) groups is 1. The van der Waals surface area contributed by atoms with Crippen LogP contribution in [0.15, 0.2) is 54.7 Å². The van der Waals surface area contributed by atoms with Crippen LogP contribution in [0, 0.1) is 0 Å². The standard InChI is InChI=1S/C17H13F3N2O/c1-11(23)21-15-10-22(16-5-3-2-4-14(15)16)13-8-6-12(7-9-13)17(18,19)20/h2-10H,1H3,(H,21,23). The molecule has 1 heterocycles. The minimum Gasteiger partial charge on any atom is -0.324 e. The van der Waals surface area contributed by atoms with E-state index in [4.69, 9.17) is 0 Å². The molecule has 0 bridgehead atoms. The highest BCUT2D eigenvalue weighted by Crippen LogP contribution is 2.32. The minimum absolute atomic E-state index is 0.208. The fourth-order valence-electron chi connectivity index (χ4n) is 2.49. The Morgan fingerprint density at radius 1 is 1.04 bits per heavy atom. The SMILES string of the molecule is CC(=O)Nc1cn(-c2ccc(C(F)(F)F)cc2)c2ccccc12. The Kier molecular flexibility index (Phi) is 3.60. The summed E-state index contributed by atoms with van der Waals surface area (Å²) in [6, 6.07) is 12.3. The van der Waals surface area contributed by atoms with Crippen molar-refractivity contribution in [3.8, 4) is 5.69 Å². The number of para-hydroxylation sites is 1. The number of amides is 1. The summed E-state index contributed by atoms with van der Waals surface area (Å²) in [6.45, 7) is 1.41. The fraction of sp³-hybridized carbons (Fsp3) is 0.118. The number of nitrogens with one attached hydrogen (secondary N) is 1. The quantitative estimate of drug-likeness (QED) is 0.736. The van der Waals surface area contributed by atoms with Crippen molar-refractivity contribution < 1.29 is 18.0 Å². The molecular weight excluding hydrogens is 305 g/mol. The summed E-state index contributed by atoms with van der Waals surface area (Å²) in [6.07, 6.45) is -2.66. The first-order chi connectivity index (χ1) is 10.9. The number of carbonyl (C=O) groups excluding carboxylic acids is 1. The van der Waals surface area contributed by atoms with Crippen molar-refractivity contribution >= 4 is 22.5 Å². The van der Waals surface area contributed by atoms with E-state index < -0.39 is 11.7 Å². The lowest BCUT2D eigenvalue weighted by atomic mass is 10.2. The third kappa shape index (κ3) is 2.92. The molecule has 0 aliphatic carbocycles. The van der Waals surface area contributed by atoms with E-state index >= 15 is 0 Å². The van der Waals surface area contributed by atoms with Crippen LogP contribution in [0.2, 0.25) is 0 Å². The first-order valence-corrected chi connectivity index (χ1v) is 6.91. The summed E-state index contributed by atoms with van der Waals surface area (Å²) in [5.74, 6) is -0.208. The van der Waals surface area contributed by atoms with Crippen LogP contribution in [0.1, 0.15) is 12.5 Å². The monoisotopic (exact) mass is 318 g/mol. The van der Waals surface area contributed by atoms with Gasteiger partial charge in [-0.1, -0.05) is 18.2 Å². The van der Waals surface area contributed by atoms with Crippen LogP contribution < -0.4 is 5.32 Å². The van der Waals surface area contributed by atoms with Gasteiger partial charge in [-0.05, 0) is 30.3 Å². The number of alkyl halides is 3. The zero-order valence-corrected chi connectivity index (χ0v) is 12.2. The number of benzene rings is 2. The molecule has 1 amide bonds. The van der Waals surface area contributed by atoms with E-state index in [0.29, 0.717) is 11.4 Å². The van der Waals surface area contributed by atoms with E-state index in [1.807, 2.05) is 24.3 Å². The predicted octanol–water partition coefficient (Wildman–Crippen LogP) is 4.61. The summed E-state index contributed by atoms with van der Waals surface area (Å²) < 4.78 is 39.8. The van der Waals surface area contributed by atoms with E-state index in [9.17, 15) is 18.0 Å². The second kappa shape index (κ2) is 5.46. The molecular formula is C17H13F3N2O. The van der Waals surface area contributed by atoms with Crippen molar-refractivity contribution in [3.05, 3.63) is 60.3 Å². The summed E-state index contributed by atoms with van der Waals surface area (Å²) in [7, 11) is 0. The molecule has 0 spiro atoms. The number of anilines is 1. The number of fused-ring (bicyclic) bond motifs is 1. The molecule has 1 aromatic heterocycles. The van der Waals surface area contributed by atoms with Gasteiger partial charge in [0.05, 0.1) is 16.8 Å². The number of halogens is 3. The molecule has 3 nitrogen and oxygen atoms in total. The molecule has 0 fully saturated rings. The highest BCUT2D eigenvalue weighted by molar-refractivity contribution is 6.01. The van der Waals surface area contributed by atoms with E-state index in [0.717, 1.165) is 23.0 Å². The van der Waals surface area contributed by atoms with Gasteiger partial charge < -0.3 is 9.88 Å². The molecule has 0 aliphatic heterocycles. The van der Waals surface area contributed by atoms with Gasteiger partial charge in [-0.15, -0.1) is 0 Å². The lowest BCUT2D eigenvalue weighted by Gasteiger charge is -2.09. The summed E-state index contributed by atoms with van der Waals surface area (Å²) in [4.78, 5) is 11.3. The van der Waals surface area contributed by atoms with E-state index in [1.54, 1.807) is 10.8 Å². The second-order valence-electron chi connectivity index (χ2n) is 5.16.